The van der Waals surface area contributed by atoms with Crippen LogP contribution in [-0.4, -0.2) is 24.5 Å². The summed E-state index contributed by atoms with van der Waals surface area (Å²) in [5, 5.41) is 8.95. The third-order valence-electron chi connectivity index (χ3n) is 3.33. The molecule has 1 fully saturated rings. The molecule has 0 unspecified atom stereocenters. The van der Waals surface area contributed by atoms with Gasteiger partial charge in [-0.05, 0) is 65.0 Å². The minimum atomic E-state index is -0.141. The Bertz CT molecular complexity index is 236. The predicted octanol–water partition coefficient (Wildman–Crippen LogP) is 3.44. The van der Waals surface area contributed by atoms with E-state index in [0.717, 1.165) is 18.8 Å². The second-order valence-corrected chi connectivity index (χ2v) is 5.84. The lowest BCUT2D eigenvalue weighted by Crippen LogP contribution is -2.28. The molecule has 1 rings (SSSR count). The molecule has 0 radical (unpaired) electrons. The van der Waals surface area contributed by atoms with Gasteiger partial charge < -0.3 is 4.90 Å². The van der Waals surface area contributed by atoms with Gasteiger partial charge in [-0.25, -0.2) is 0 Å². The van der Waals surface area contributed by atoms with Crippen LogP contribution in [0.2, 0.25) is 0 Å². The van der Waals surface area contributed by atoms with Gasteiger partial charge in [-0.3, -0.25) is 0 Å². The van der Waals surface area contributed by atoms with Crippen LogP contribution >= 0.6 is 0 Å². The summed E-state index contributed by atoms with van der Waals surface area (Å²) in [7, 11) is 0. The average Bonchev–Trinajstić information content (AvgIpc) is 3.02. The van der Waals surface area contributed by atoms with Gasteiger partial charge in [0.15, 0.2) is 0 Å². The first kappa shape index (κ1) is 13.5. The molecular weight excluding hydrogens is 196 g/mol. The lowest BCUT2D eigenvalue weighted by molar-refractivity contribution is 0.247. The van der Waals surface area contributed by atoms with Crippen molar-refractivity contribution in [3.8, 4) is 6.07 Å². The summed E-state index contributed by atoms with van der Waals surface area (Å²) in [5.74, 6) is 0.982. The topological polar surface area (TPSA) is 27.0 Å². The van der Waals surface area contributed by atoms with Crippen molar-refractivity contribution in [2.24, 2.45) is 11.3 Å². The first-order valence-corrected chi connectivity index (χ1v) is 6.71. The summed E-state index contributed by atoms with van der Waals surface area (Å²) in [4.78, 5) is 2.59. The van der Waals surface area contributed by atoms with Gasteiger partial charge in [-0.15, -0.1) is 0 Å². The van der Waals surface area contributed by atoms with Gasteiger partial charge in [0.05, 0.1) is 11.5 Å². The Balaban J connectivity index is 2.18. The summed E-state index contributed by atoms with van der Waals surface area (Å²) >= 11 is 0. The Morgan fingerprint density at radius 1 is 1.31 bits per heavy atom. The van der Waals surface area contributed by atoms with Gasteiger partial charge >= 0.3 is 0 Å². The molecule has 92 valence electrons. The summed E-state index contributed by atoms with van der Waals surface area (Å²) in [6.07, 6.45) is 6.30. The van der Waals surface area contributed by atoms with E-state index in [2.05, 4.69) is 17.9 Å². The predicted molar refractivity (Wildman–Crippen MR) is 68.1 cm³/mol. The van der Waals surface area contributed by atoms with Crippen LogP contribution in [0.3, 0.4) is 0 Å². The molecule has 0 aliphatic heterocycles. The Labute approximate surface area is 101 Å². The second-order valence-electron chi connectivity index (χ2n) is 5.84. The van der Waals surface area contributed by atoms with Crippen LogP contribution in [0.25, 0.3) is 0 Å². The monoisotopic (exact) mass is 222 g/mol. The van der Waals surface area contributed by atoms with Crippen LogP contribution in [0.4, 0.5) is 0 Å². The minimum Gasteiger partial charge on any atom is -0.303 e. The molecule has 0 aromatic carbocycles. The van der Waals surface area contributed by atoms with Crippen molar-refractivity contribution in [2.75, 3.05) is 19.6 Å². The first-order valence-electron chi connectivity index (χ1n) is 6.71. The zero-order valence-electron chi connectivity index (χ0n) is 11.1. The maximum Gasteiger partial charge on any atom is 0.0683 e. The van der Waals surface area contributed by atoms with Crippen LogP contribution < -0.4 is 0 Å². The minimum absolute atomic E-state index is 0.141. The highest BCUT2D eigenvalue weighted by molar-refractivity contribution is 4.91. The highest BCUT2D eigenvalue weighted by Gasteiger charge is 2.24. The summed E-state index contributed by atoms with van der Waals surface area (Å²) < 4.78 is 0. The van der Waals surface area contributed by atoms with E-state index in [0.29, 0.717) is 0 Å². The third kappa shape index (κ3) is 5.51. The molecule has 0 bridgehead atoms. The van der Waals surface area contributed by atoms with Crippen molar-refractivity contribution in [2.45, 2.75) is 52.9 Å². The Morgan fingerprint density at radius 3 is 2.50 bits per heavy atom. The zero-order chi connectivity index (χ0) is 12.0. The van der Waals surface area contributed by atoms with Gasteiger partial charge in [0, 0.05) is 6.54 Å². The van der Waals surface area contributed by atoms with Crippen molar-refractivity contribution < 1.29 is 0 Å². The van der Waals surface area contributed by atoms with E-state index in [9.17, 15) is 0 Å². The normalized spacial score (nSPS) is 16.4. The molecule has 2 heteroatoms. The molecule has 16 heavy (non-hydrogen) atoms. The van der Waals surface area contributed by atoms with Gasteiger partial charge in [0.25, 0.3) is 0 Å². The SMILES string of the molecule is CCCN(CCCC(C)(C)C#N)CC1CC1. The maximum absolute atomic E-state index is 8.95. The summed E-state index contributed by atoms with van der Waals surface area (Å²) in [6, 6.07) is 2.38. The fraction of sp³-hybridized carbons (Fsp3) is 0.929. The van der Waals surface area contributed by atoms with Crippen LogP contribution in [0.5, 0.6) is 0 Å². The molecular formula is C14H26N2. The molecule has 1 aliphatic rings. The van der Waals surface area contributed by atoms with Gasteiger partial charge in [0.2, 0.25) is 0 Å². The number of hydrogen-bond donors (Lipinski definition) is 0. The number of nitriles is 1. The molecule has 0 aromatic rings. The summed E-state index contributed by atoms with van der Waals surface area (Å²) in [5.41, 5.74) is -0.141. The molecule has 0 spiro atoms. The highest BCUT2D eigenvalue weighted by atomic mass is 15.1. The largest absolute Gasteiger partial charge is 0.303 e. The zero-order valence-corrected chi connectivity index (χ0v) is 11.1. The molecule has 0 heterocycles. The van der Waals surface area contributed by atoms with Gasteiger partial charge in [-0.1, -0.05) is 6.92 Å². The smallest absolute Gasteiger partial charge is 0.0683 e. The first-order chi connectivity index (χ1) is 7.57. The second kappa shape index (κ2) is 6.25. The molecule has 0 atom stereocenters. The molecule has 1 saturated carbocycles. The Morgan fingerprint density at radius 2 is 2.00 bits per heavy atom. The van der Waals surface area contributed by atoms with E-state index >= 15 is 0 Å². The molecule has 2 nitrogen and oxygen atoms in total. The van der Waals surface area contributed by atoms with E-state index < -0.39 is 0 Å². The quantitative estimate of drug-likeness (QED) is 0.629. The van der Waals surface area contributed by atoms with Crippen molar-refractivity contribution >= 4 is 0 Å². The molecule has 1 aliphatic carbocycles. The Kier molecular flexibility index (Phi) is 5.28. The van der Waals surface area contributed by atoms with E-state index in [-0.39, 0.29) is 5.41 Å². The number of hydrogen-bond acceptors (Lipinski definition) is 2. The van der Waals surface area contributed by atoms with E-state index in [1.54, 1.807) is 0 Å². The highest BCUT2D eigenvalue weighted by Crippen LogP contribution is 2.30. The van der Waals surface area contributed by atoms with Crippen LogP contribution in [0.15, 0.2) is 0 Å². The standard InChI is InChI=1S/C14H26N2/c1-4-9-16(11-13-6-7-13)10-5-8-14(2,3)12-15/h13H,4-11H2,1-3H3. The third-order valence-corrected chi connectivity index (χ3v) is 3.33. The van der Waals surface area contributed by atoms with Crippen molar-refractivity contribution in [3.63, 3.8) is 0 Å². The summed E-state index contributed by atoms with van der Waals surface area (Å²) in [6.45, 7) is 10.0. The van der Waals surface area contributed by atoms with Gasteiger partial charge in [0.1, 0.15) is 0 Å². The van der Waals surface area contributed by atoms with Gasteiger partial charge in [-0.2, -0.15) is 5.26 Å². The van der Waals surface area contributed by atoms with Crippen molar-refractivity contribution in [1.29, 1.82) is 5.26 Å². The molecule has 0 amide bonds. The average molecular weight is 222 g/mol. The fourth-order valence-corrected chi connectivity index (χ4v) is 2.08. The van der Waals surface area contributed by atoms with E-state index in [1.807, 2.05) is 13.8 Å². The van der Waals surface area contributed by atoms with Crippen LogP contribution in [-0.2, 0) is 0 Å². The number of rotatable bonds is 8. The molecule has 0 N–H and O–H groups in total. The molecule has 0 aromatic heterocycles. The lowest BCUT2D eigenvalue weighted by Gasteiger charge is -2.23. The van der Waals surface area contributed by atoms with Crippen LogP contribution in [0, 0.1) is 22.7 Å². The van der Waals surface area contributed by atoms with Crippen molar-refractivity contribution in [1.82, 2.24) is 4.90 Å². The van der Waals surface area contributed by atoms with Crippen molar-refractivity contribution in [3.05, 3.63) is 0 Å². The Hall–Kier alpha value is -0.550. The van der Waals surface area contributed by atoms with E-state index in [4.69, 9.17) is 5.26 Å². The van der Waals surface area contributed by atoms with E-state index in [1.165, 1.54) is 38.9 Å². The maximum atomic E-state index is 8.95. The molecule has 0 saturated heterocycles. The lowest BCUT2D eigenvalue weighted by atomic mass is 9.90. The number of nitrogens with zero attached hydrogens (tertiary/aromatic N) is 2. The fourth-order valence-electron chi connectivity index (χ4n) is 2.08. The van der Waals surface area contributed by atoms with Crippen LogP contribution in [0.1, 0.15) is 52.9 Å².